The summed E-state index contributed by atoms with van der Waals surface area (Å²) >= 11 is 5.97. The number of benzene rings is 2. The summed E-state index contributed by atoms with van der Waals surface area (Å²) in [4.78, 5) is 11.3. The summed E-state index contributed by atoms with van der Waals surface area (Å²) in [6.07, 6.45) is 0. The molecule has 0 spiro atoms. The number of aryl methyl sites for hydroxylation is 1. The van der Waals surface area contributed by atoms with E-state index < -0.39 is 5.97 Å². The van der Waals surface area contributed by atoms with Gasteiger partial charge in [-0.25, -0.2) is 4.79 Å². The molecule has 0 radical (unpaired) electrons. The number of carboxylic acids is 1. The van der Waals surface area contributed by atoms with Crippen LogP contribution in [0.1, 0.15) is 15.9 Å². The third-order valence-corrected chi connectivity index (χ3v) is 3.44. The van der Waals surface area contributed by atoms with Crippen molar-refractivity contribution >= 4 is 17.6 Å². The maximum Gasteiger partial charge on any atom is 0.335 e. The van der Waals surface area contributed by atoms with E-state index in [0.717, 1.165) is 16.7 Å². The van der Waals surface area contributed by atoms with Gasteiger partial charge >= 0.3 is 5.97 Å². The number of carbonyl (C=O) groups is 1. The van der Waals surface area contributed by atoms with Gasteiger partial charge in [-0.05, 0) is 53.9 Å². The van der Waals surface area contributed by atoms with Gasteiger partial charge in [0.25, 0.3) is 0 Å². The van der Waals surface area contributed by atoms with Gasteiger partial charge in [0.2, 0.25) is 0 Å². The van der Waals surface area contributed by atoms with Crippen LogP contribution in [-0.2, 0) is 4.74 Å². The molecule has 0 aliphatic rings. The Hall–Kier alpha value is -2.04. The van der Waals surface area contributed by atoms with Crippen molar-refractivity contribution in [3.05, 3.63) is 52.5 Å². The average Bonchev–Trinajstić information content (AvgIpc) is 2.47. The third-order valence-electron chi connectivity index (χ3n) is 3.21. The van der Waals surface area contributed by atoms with E-state index in [2.05, 4.69) is 0 Å². The van der Waals surface area contributed by atoms with E-state index in [4.69, 9.17) is 21.1 Å². The second kappa shape index (κ2) is 7.29. The molecule has 1 N–H and O–H groups in total. The van der Waals surface area contributed by atoms with E-state index >= 15 is 0 Å². The molecule has 0 saturated carbocycles. The quantitative estimate of drug-likeness (QED) is 0.816. The van der Waals surface area contributed by atoms with Gasteiger partial charge in [-0.3, -0.25) is 0 Å². The first-order valence-electron chi connectivity index (χ1n) is 6.78. The smallest absolute Gasteiger partial charge is 0.335 e. The Morgan fingerprint density at radius 1 is 1.18 bits per heavy atom. The van der Waals surface area contributed by atoms with Crippen LogP contribution < -0.4 is 4.74 Å². The SMILES string of the molecule is COCCOc1cc(C(=O)O)cc(-c2ccc(Cl)cc2C)c1. The molecule has 0 unspecified atom stereocenters. The maximum absolute atomic E-state index is 11.3. The van der Waals surface area contributed by atoms with Crippen LogP contribution in [0.3, 0.4) is 0 Å². The van der Waals surface area contributed by atoms with Crippen LogP contribution in [0.4, 0.5) is 0 Å². The van der Waals surface area contributed by atoms with Crippen LogP contribution in [0.5, 0.6) is 5.75 Å². The minimum Gasteiger partial charge on any atom is -0.491 e. The molecule has 0 atom stereocenters. The van der Waals surface area contributed by atoms with Crippen molar-refractivity contribution in [1.29, 1.82) is 0 Å². The number of carboxylic acid groups (broad SMARTS) is 1. The van der Waals surface area contributed by atoms with Crippen LogP contribution in [-0.4, -0.2) is 31.4 Å². The van der Waals surface area contributed by atoms with Gasteiger partial charge in [-0.1, -0.05) is 17.7 Å². The zero-order valence-electron chi connectivity index (χ0n) is 12.4. The highest BCUT2D eigenvalue weighted by molar-refractivity contribution is 6.30. The number of hydrogen-bond donors (Lipinski definition) is 1. The van der Waals surface area contributed by atoms with Gasteiger partial charge in [0, 0.05) is 12.1 Å². The summed E-state index contributed by atoms with van der Waals surface area (Å²) in [5.74, 6) is -0.494. The van der Waals surface area contributed by atoms with Gasteiger partial charge < -0.3 is 14.6 Å². The van der Waals surface area contributed by atoms with Crippen molar-refractivity contribution in [2.75, 3.05) is 20.3 Å². The molecule has 0 heterocycles. The van der Waals surface area contributed by atoms with Crippen molar-refractivity contribution < 1.29 is 19.4 Å². The van der Waals surface area contributed by atoms with Crippen molar-refractivity contribution in [1.82, 2.24) is 0 Å². The fourth-order valence-corrected chi connectivity index (χ4v) is 2.38. The Labute approximate surface area is 134 Å². The third kappa shape index (κ3) is 4.00. The van der Waals surface area contributed by atoms with Crippen LogP contribution in [0.2, 0.25) is 5.02 Å². The molecule has 2 rings (SSSR count). The zero-order chi connectivity index (χ0) is 16.1. The maximum atomic E-state index is 11.3. The molecule has 0 aliphatic heterocycles. The summed E-state index contributed by atoms with van der Waals surface area (Å²) in [5.41, 5.74) is 2.85. The molecule has 0 amide bonds. The van der Waals surface area contributed by atoms with Crippen molar-refractivity contribution in [3.8, 4) is 16.9 Å². The highest BCUT2D eigenvalue weighted by Gasteiger charge is 2.11. The molecular weight excluding hydrogens is 304 g/mol. The van der Waals surface area contributed by atoms with Crippen molar-refractivity contribution in [2.24, 2.45) is 0 Å². The fourth-order valence-electron chi connectivity index (χ4n) is 2.16. The van der Waals surface area contributed by atoms with E-state index in [9.17, 15) is 9.90 Å². The first-order chi connectivity index (χ1) is 10.5. The number of methoxy groups -OCH3 is 1. The van der Waals surface area contributed by atoms with E-state index in [0.29, 0.717) is 24.0 Å². The number of rotatable bonds is 6. The standard InChI is InChI=1S/C17H17ClO4/c1-11-7-14(18)3-4-16(11)12-8-13(17(19)20)10-15(9-12)22-6-5-21-2/h3-4,7-10H,5-6H2,1-2H3,(H,19,20). The molecular formula is C17H17ClO4. The highest BCUT2D eigenvalue weighted by Crippen LogP contribution is 2.30. The second-order valence-corrected chi connectivity index (χ2v) is 5.29. The van der Waals surface area contributed by atoms with Gasteiger partial charge in [-0.2, -0.15) is 0 Å². The monoisotopic (exact) mass is 320 g/mol. The lowest BCUT2D eigenvalue weighted by Crippen LogP contribution is -2.05. The molecule has 5 heteroatoms. The Morgan fingerprint density at radius 2 is 1.95 bits per heavy atom. The van der Waals surface area contributed by atoms with Crippen LogP contribution in [0.25, 0.3) is 11.1 Å². The second-order valence-electron chi connectivity index (χ2n) is 4.85. The number of hydrogen-bond acceptors (Lipinski definition) is 3. The molecule has 0 fully saturated rings. The summed E-state index contributed by atoms with van der Waals surface area (Å²) in [6, 6.07) is 10.4. The molecule has 22 heavy (non-hydrogen) atoms. The van der Waals surface area contributed by atoms with Crippen molar-refractivity contribution in [2.45, 2.75) is 6.92 Å². The Kier molecular flexibility index (Phi) is 5.41. The first-order valence-corrected chi connectivity index (χ1v) is 7.15. The molecule has 0 aromatic heterocycles. The first kappa shape index (κ1) is 16.3. The highest BCUT2D eigenvalue weighted by atomic mass is 35.5. The summed E-state index contributed by atoms with van der Waals surface area (Å²) in [7, 11) is 1.58. The predicted octanol–water partition coefficient (Wildman–Crippen LogP) is 4.04. The molecule has 0 bridgehead atoms. The number of aromatic carboxylic acids is 1. The molecule has 116 valence electrons. The van der Waals surface area contributed by atoms with Crippen LogP contribution in [0.15, 0.2) is 36.4 Å². The lowest BCUT2D eigenvalue weighted by Gasteiger charge is -2.11. The Balaban J connectivity index is 2.43. The van der Waals surface area contributed by atoms with E-state index in [1.165, 1.54) is 6.07 Å². The number of ether oxygens (including phenoxy) is 2. The fraction of sp³-hybridized carbons (Fsp3) is 0.235. The number of halogens is 1. The molecule has 0 aliphatic carbocycles. The lowest BCUT2D eigenvalue weighted by molar-refractivity contribution is 0.0696. The topological polar surface area (TPSA) is 55.8 Å². The van der Waals surface area contributed by atoms with Gasteiger partial charge in [0.1, 0.15) is 12.4 Å². The predicted molar refractivity (Wildman–Crippen MR) is 86.0 cm³/mol. The lowest BCUT2D eigenvalue weighted by atomic mass is 9.98. The summed E-state index contributed by atoms with van der Waals surface area (Å²) < 4.78 is 10.5. The Bertz CT molecular complexity index is 682. The van der Waals surface area contributed by atoms with E-state index in [1.807, 2.05) is 25.1 Å². The van der Waals surface area contributed by atoms with Gasteiger partial charge in [-0.15, -0.1) is 0 Å². The summed E-state index contributed by atoms with van der Waals surface area (Å²) in [6.45, 7) is 2.73. The normalized spacial score (nSPS) is 10.5. The van der Waals surface area contributed by atoms with Crippen LogP contribution in [0, 0.1) is 6.92 Å². The molecule has 2 aromatic rings. The van der Waals surface area contributed by atoms with E-state index in [1.54, 1.807) is 19.2 Å². The van der Waals surface area contributed by atoms with Gasteiger partial charge in [0.05, 0.1) is 12.2 Å². The minimum atomic E-state index is -0.995. The molecule has 4 nitrogen and oxygen atoms in total. The van der Waals surface area contributed by atoms with E-state index in [-0.39, 0.29) is 5.56 Å². The van der Waals surface area contributed by atoms with Crippen molar-refractivity contribution in [3.63, 3.8) is 0 Å². The largest absolute Gasteiger partial charge is 0.491 e. The van der Waals surface area contributed by atoms with Gasteiger partial charge in [0.15, 0.2) is 0 Å². The molecule has 0 saturated heterocycles. The zero-order valence-corrected chi connectivity index (χ0v) is 13.2. The molecule has 2 aromatic carbocycles. The average molecular weight is 321 g/mol. The summed E-state index contributed by atoms with van der Waals surface area (Å²) in [5, 5.41) is 9.91. The van der Waals surface area contributed by atoms with Crippen LogP contribution >= 0.6 is 11.6 Å². The minimum absolute atomic E-state index is 0.180. The Morgan fingerprint density at radius 3 is 2.59 bits per heavy atom.